The molecule has 2 aromatic rings. The van der Waals surface area contributed by atoms with Crippen molar-refractivity contribution in [2.24, 2.45) is 16.3 Å². The second-order valence-corrected chi connectivity index (χ2v) is 12.9. The van der Waals surface area contributed by atoms with Gasteiger partial charge in [0, 0.05) is 28.2 Å². The van der Waals surface area contributed by atoms with Crippen molar-refractivity contribution in [2.45, 2.75) is 111 Å². The number of benzene rings is 1. The normalized spacial score (nSPS) is 22.9. The molecule has 4 rings (SSSR count). The van der Waals surface area contributed by atoms with Crippen LogP contribution in [0.3, 0.4) is 0 Å². The Balaban J connectivity index is 1.73. The van der Waals surface area contributed by atoms with E-state index in [1.54, 1.807) is 0 Å². The number of aliphatic hydroxyl groups is 1. The van der Waals surface area contributed by atoms with Crippen molar-refractivity contribution in [2.75, 3.05) is 24.6 Å². The molecule has 1 fully saturated rings. The maximum atomic E-state index is 10.5. The molecule has 0 spiro atoms. The largest absolute Gasteiger partial charge is 0.463 e. The first-order valence-corrected chi connectivity index (χ1v) is 15.7. The fraction of sp³-hybridized carbons (Fsp3) is 0.710. The zero-order valence-corrected chi connectivity index (χ0v) is 25.7. The maximum absolute atomic E-state index is 10.5. The van der Waals surface area contributed by atoms with Crippen LogP contribution in [0.4, 0.5) is 5.82 Å². The number of β-amino-alcohol motifs (C(OH)–C–C–N with tert-alkyl or cyclic N) is 1. The van der Waals surface area contributed by atoms with Gasteiger partial charge >= 0.3 is 6.01 Å². The van der Waals surface area contributed by atoms with Crippen LogP contribution in [0.5, 0.6) is 6.01 Å². The summed E-state index contributed by atoms with van der Waals surface area (Å²) >= 11 is 3.78. The molecule has 38 heavy (non-hydrogen) atoms. The Bertz CT molecular complexity index is 1220. The number of hydrogen-bond donors (Lipinski definition) is 1. The Kier molecular flexibility index (Phi) is 10.1. The Morgan fingerprint density at radius 1 is 1.11 bits per heavy atom. The van der Waals surface area contributed by atoms with Gasteiger partial charge in [-0.2, -0.15) is 9.97 Å². The molecule has 6 nitrogen and oxygen atoms in total. The molecule has 0 saturated carbocycles. The molecule has 4 unspecified atom stereocenters. The number of anilines is 1. The monoisotopic (exact) mass is 586 g/mol. The van der Waals surface area contributed by atoms with Crippen LogP contribution in [0.1, 0.15) is 98.8 Å². The lowest BCUT2D eigenvalue weighted by molar-refractivity contribution is 0.126. The van der Waals surface area contributed by atoms with Gasteiger partial charge in [-0.25, -0.2) is 0 Å². The van der Waals surface area contributed by atoms with E-state index in [4.69, 9.17) is 19.7 Å². The van der Waals surface area contributed by atoms with Gasteiger partial charge in [0.1, 0.15) is 5.82 Å². The zero-order valence-electron chi connectivity index (χ0n) is 24.1. The number of rotatable bonds is 12. The predicted molar refractivity (Wildman–Crippen MR) is 160 cm³/mol. The molecule has 1 aromatic carbocycles. The average Bonchev–Trinajstić information content (AvgIpc) is 2.89. The highest BCUT2D eigenvalue weighted by molar-refractivity contribution is 9.10. The summed E-state index contributed by atoms with van der Waals surface area (Å²) in [6.07, 6.45) is 13.5. The summed E-state index contributed by atoms with van der Waals surface area (Å²) < 4.78 is 7.41. The summed E-state index contributed by atoms with van der Waals surface area (Å²) in [5.74, 6) is 1.18. The van der Waals surface area contributed by atoms with Gasteiger partial charge in [0.05, 0.1) is 35.0 Å². The van der Waals surface area contributed by atoms with E-state index in [1.165, 1.54) is 38.5 Å². The molecule has 3 heterocycles. The van der Waals surface area contributed by atoms with Gasteiger partial charge in [0.15, 0.2) is 0 Å². The summed E-state index contributed by atoms with van der Waals surface area (Å²) in [7, 11) is 0. The smallest absolute Gasteiger partial charge is 0.318 e. The first-order chi connectivity index (χ1) is 18.2. The summed E-state index contributed by atoms with van der Waals surface area (Å²) in [6, 6.07) is 2.72. The van der Waals surface area contributed by atoms with E-state index in [9.17, 15) is 5.11 Å². The predicted octanol–water partition coefficient (Wildman–Crippen LogP) is 6.34. The first kappa shape index (κ1) is 29.3. The van der Waals surface area contributed by atoms with Crippen LogP contribution < -0.4 is 20.2 Å². The van der Waals surface area contributed by atoms with Crippen molar-refractivity contribution in [3.8, 4) is 6.01 Å². The lowest BCUT2D eigenvalue weighted by Gasteiger charge is -2.32. The molecule has 1 N–H and O–H groups in total. The lowest BCUT2D eigenvalue weighted by atomic mass is 9.81. The van der Waals surface area contributed by atoms with Gasteiger partial charge in [-0.15, -0.1) is 0 Å². The van der Waals surface area contributed by atoms with E-state index in [0.29, 0.717) is 25.1 Å². The summed E-state index contributed by atoms with van der Waals surface area (Å²) in [5.41, 5.74) is 0.972. The number of aliphatic hydroxyl groups excluding tert-OH is 1. The molecule has 2 aliphatic rings. The third-order valence-electron chi connectivity index (χ3n) is 8.45. The Morgan fingerprint density at radius 3 is 2.61 bits per heavy atom. The highest BCUT2D eigenvalue weighted by Gasteiger charge is 2.28. The fourth-order valence-electron chi connectivity index (χ4n) is 5.79. The number of nitrogens with zero attached hydrogens (tertiary/aromatic N) is 4. The SMILES string of the molecule is CCCCCCC(C)(CCCC)COc1nc(N2CCCC(O)C2)c2c3c(c(Br)cc2n1)=NC(C)C(C)C=3. The number of piperidine rings is 1. The molecule has 1 saturated heterocycles. The summed E-state index contributed by atoms with van der Waals surface area (Å²) in [6.45, 7) is 13.3. The number of unbranched alkanes of at least 4 members (excludes halogenated alkanes) is 4. The van der Waals surface area contributed by atoms with E-state index >= 15 is 0 Å². The minimum atomic E-state index is -0.350. The molecule has 0 amide bonds. The number of aromatic nitrogens is 2. The van der Waals surface area contributed by atoms with Gasteiger partial charge in [-0.05, 0) is 60.5 Å². The van der Waals surface area contributed by atoms with Gasteiger partial charge in [0.2, 0.25) is 0 Å². The minimum Gasteiger partial charge on any atom is -0.463 e. The van der Waals surface area contributed by atoms with Crippen LogP contribution >= 0.6 is 15.9 Å². The van der Waals surface area contributed by atoms with Gasteiger partial charge in [-0.3, -0.25) is 4.99 Å². The Labute approximate surface area is 237 Å². The molecule has 4 atom stereocenters. The van der Waals surface area contributed by atoms with Gasteiger partial charge < -0.3 is 14.7 Å². The number of hydrogen-bond acceptors (Lipinski definition) is 6. The maximum Gasteiger partial charge on any atom is 0.318 e. The van der Waals surface area contributed by atoms with Crippen LogP contribution in [0.25, 0.3) is 17.0 Å². The molecule has 0 radical (unpaired) electrons. The molecule has 0 aliphatic carbocycles. The lowest BCUT2D eigenvalue weighted by Crippen LogP contribution is -2.41. The van der Waals surface area contributed by atoms with Crippen LogP contribution in [-0.4, -0.2) is 46.9 Å². The van der Waals surface area contributed by atoms with E-state index in [2.05, 4.69) is 67.6 Å². The topological polar surface area (TPSA) is 70.8 Å². The number of fused-ring (bicyclic) bond motifs is 3. The molecule has 7 heteroatoms. The Hall–Kier alpha value is -1.73. The molecule has 1 aromatic heterocycles. The van der Waals surface area contributed by atoms with Crippen LogP contribution in [0, 0.1) is 11.3 Å². The fourth-order valence-corrected chi connectivity index (χ4v) is 6.32. The molecular formula is C31H47BrN4O2. The molecule has 0 bridgehead atoms. The average molecular weight is 588 g/mol. The second kappa shape index (κ2) is 13.1. The van der Waals surface area contributed by atoms with Gasteiger partial charge in [0.25, 0.3) is 0 Å². The van der Waals surface area contributed by atoms with Crippen molar-refractivity contribution < 1.29 is 9.84 Å². The highest BCUT2D eigenvalue weighted by atomic mass is 79.9. The molecule has 210 valence electrons. The van der Waals surface area contributed by atoms with Crippen molar-refractivity contribution in [1.82, 2.24) is 9.97 Å². The molecule has 2 aliphatic heterocycles. The third-order valence-corrected chi connectivity index (χ3v) is 9.05. The molecular weight excluding hydrogens is 540 g/mol. The Morgan fingerprint density at radius 2 is 1.87 bits per heavy atom. The van der Waals surface area contributed by atoms with E-state index in [1.807, 2.05) is 0 Å². The van der Waals surface area contributed by atoms with Crippen LogP contribution in [0.15, 0.2) is 15.5 Å². The van der Waals surface area contributed by atoms with Crippen molar-refractivity contribution >= 4 is 38.7 Å². The minimum absolute atomic E-state index is 0.109. The summed E-state index contributed by atoms with van der Waals surface area (Å²) in [4.78, 5) is 17.2. The first-order valence-electron chi connectivity index (χ1n) is 14.9. The highest BCUT2D eigenvalue weighted by Crippen LogP contribution is 2.33. The quantitative estimate of drug-likeness (QED) is 0.294. The van der Waals surface area contributed by atoms with Gasteiger partial charge in [-0.1, -0.05) is 72.3 Å². The van der Waals surface area contributed by atoms with Crippen molar-refractivity contribution in [1.29, 1.82) is 0 Å². The van der Waals surface area contributed by atoms with E-state index in [0.717, 1.165) is 64.0 Å². The van der Waals surface area contributed by atoms with Crippen molar-refractivity contribution in [3.63, 3.8) is 0 Å². The van der Waals surface area contributed by atoms with E-state index < -0.39 is 0 Å². The number of ether oxygens (including phenoxy) is 1. The number of halogens is 1. The van der Waals surface area contributed by atoms with E-state index in [-0.39, 0.29) is 17.6 Å². The summed E-state index contributed by atoms with van der Waals surface area (Å²) in [5, 5.41) is 13.6. The standard InChI is InChI=1S/C31H47BrN4O2/c1-6-8-10-11-15-31(5,14-9-7-2)20-38-30-34-26-18-25(32)28-24(17-21(3)22(4)33-28)27(26)29(35-30)36-16-12-13-23(37)19-36/h17-18,21-23,37H,6-16,19-20H2,1-5H3. The third kappa shape index (κ3) is 6.88. The van der Waals surface area contributed by atoms with Crippen LogP contribution in [-0.2, 0) is 0 Å². The van der Waals surface area contributed by atoms with Crippen molar-refractivity contribution in [3.05, 3.63) is 21.1 Å². The zero-order chi connectivity index (χ0) is 27.3. The second-order valence-electron chi connectivity index (χ2n) is 12.0. The van der Waals surface area contributed by atoms with Crippen LogP contribution in [0.2, 0.25) is 0 Å².